The maximum atomic E-state index is 5.65. The standard InChI is InChI=1S/C13H17N3O/c1-13(2,3)16-6-7-17-12-10(16)8-9-4-5-14-11(9)15-12/h4-5,8H,6-7H2,1-3H3,(H,14,15). The summed E-state index contributed by atoms with van der Waals surface area (Å²) in [5.41, 5.74) is 2.07. The summed E-state index contributed by atoms with van der Waals surface area (Å²) in [4.78, 5) is 9.99. The van der Waals surface area contributed by atoms with Crippen LogP contribution >= 0.6 is 0 Å². The van der Waals surface area contributed by atoms with E-state index in [1.54, 1.807) is 0 Å². The Morgan fingerprint density at radius 2 is 2.24 bits per heavy atom. The zero-order valence-corrected chi connectivity index (χ0v) is 10.4. The summed E-state index contributed by atoms with van der Waals surface area (Å²) >= 11 is 0. The molecule has 3 heterocycles. The van der Waals surface area contributed by atoms with Crippen molar-refractivity contribution in [1.29, 1.82) is 0 Å². The number of anilines is 1. The molecule has 0 fully saturated rings. The van der Waals surface area contributed by atoms with Gasteiger partial charge in [0.25, 0.3) is 0 Å². The van der Waals surface area contributed by atoms with Crippen LogP contribution in [-0.4, -0.2) is 28.7 Å². The topological polar surface area (TPSA) is 41.1 Å². The van der Waals surface area contributed by atoms with Crippen molar-refractivity contribution in [1.82, 2.24) is 9.97 Å². The average molecular weight is 231 g/mol. The van der Waals surface area contributed by atoms with E-state index < -0.39 is 0 Å². The molecular formula is C13H17N3O. The minimum atomic E-state index is 0.0875. The number of nitrogens with zero attached hydrogens (tertiary/aromatic N) is 2. The Balaban J connectivity index is 2.18. The molecule has 0 aliphatic carbocycles. The number of rotatable bonds is 0. The summed E-state index contributed by atoms with van der Waals surface area (Å²) in [6.07, 6.45) is 1.91. The van der Waals surface area contributed by atoms with Crippen molar-refractivity contribution >= 4 is 16.7 Å². The molecule has 1 N–H and O–H groups in total. The Morgan fingerprint density at radius 1 is 1.41 bits per heavy atom. The van der Waals surface area contributed by atoms with Crippen molar-refractivity contribution in [2.24, 2.45) is 0 Å². The number of nitrogens with one attached hydrogen (secondary N) is 1. The van der Waals surface area contributed by atoms with Crippen LogP contribution in [0.15, 0.2) is 18.3 Å². The molecule has 0 radical (unpaired) electrons. The lowest BCUT2D eigenvalue weighted by atomic mass is 10.0. The fraction of sp³-hybridized carbons (Fsp3) is 0.462. The van der Waals surface area contributed by atoms with E-state index in [0.29, 0.717) is 6.61 Å². The Kier molecular flexibility index (Phi) is 2.08. The Morgan fingerprint density at radius 3 is 3.00 bits per heavy atom. The lowest BCUT2D eigenvalue weighted by Gasteiger charge is -2.40. The van der Waals surface area contributed by atoms with Gasteiger partial charge in [-0.2, -0.15) is 4.98 Å². The summed E-state index contributed by atoms with van der Waals surface area (Å²) in [5, 5.41) is 1.13. The van der Waals surface area contributed by atoms with Crippen LogP contribution in [0.2, 0.25) is 0 Å². The van der Waals surface area contributed by atoms with Gasteiger partial charge in [-0.25, -0.2) is 0 Å². The highest BCUT2D eigenvalue weighted by molar-refractivity contribution is 5.82. The van der Waals surface area contributed by atoms with Gasteiger partial charge in [0.15, 0.2) is 0 Å². The zero-order valence-electron chi connectivity index (χ0n) is 10.4. The van der Waals surface area contributed by atoms with Crippen molar-refractivity contribution in [3.8, 4) is 5.88 Å². The van der Waals surface area contributed by atoms with E-state index in [4.69, 9.17) is 4.74 Å². The lowest BCUT2D eigenvalue weighted by molar-refractivity contribution is 0.279. The van der Waals surface area contributed by atoms with Crippen molar-refractivity contribution < 1.29 is 4.74 Å². The van der Waals surface area contributed by atoms with Gasteiger partial charge in [0.1, 0.15) is 17.9 Å². The molecule has 4 nitrogen and oxygen atoms in total. The summed E-state index contributed by atoms with van der Waals surface area (Å²) in [6.45, 7) is 8.24. The van der Waals surface area contributed by atoms with Crippen LogP contribution in [0, 0.1) is 0 Å². The molecule has 0 bridgehead atoms. The maximum Gasteiger partial charge on any atom is 0.239 e. The number of hydrogen-bond acceptors (Lipinski definition) is 3. The molecule has 3 rings (SSSR count). The monoisotopic (exact) mass is 231 g/mol. The van der Waals surface area contributed by atoms with Gasteiger partial charge >= 0.3 is 0 Å². The average Bonchev–Trinajstić information content (AvgIpc) is 2.70. The molecule has 0 unspecified atom stereocenters. The van der Waals surface area contributed by atoms with E-state index in [-0.39, 0.29) is 5.54 Å². The second-order valence-electron chi connectivity index (χ2n) is 5.40. The quantitative estimate of drug-likeness (QED) is 0.757. The fourth-order valence-corrected chi connectivity index (χ4v) is 2.30. The van der Waals surface area contributed by atoms with Crippen LogP contribution in [0.4, 0.5) is 5.69 Å². The smallest absolute Gasteiger partial charge is 0.239 e. The van der Waals surface area contributed by atoms with E-state index in [0.717, 1.165) is 29.1 Å². The number of aromatic amines is 1. The van der Waals surface area contributed by atoms with Gasteiger partial charge in [-0.3, -0.25) is 0 Å². The van der Waals surface area contributed by atoms with Gasteiger partial charge in [0, 0.05) is 17.1 Å². The third kappa shape index (κ3) is 1.64. The van der Waals surface area contributed by atoms with Gasteiger partial charge in [-0.05, 0) is 32.9 Å². The van der Waals surface area contributed by atoms with Crippen LogP contribution in [0.5, 0.6) is 5.88 Å². The van der Waals surface area contributed by atoms with Gasteiger partial charge < -0.3 is 14.6 Å². The first kappa shape index (κ1) is 10.4. The van der Waals surface area contributed by atoms with Crippen LogP contribution in [0.1, 0.15) is 20.8 Å². The Bertz CT molecular complexity index is 553. The fourth-order valence-electron chi connectivity index (χ4n) is 2.30. The van der Waals surface area contributed by atoms with Crippen LogP contribution < -0.4 is 9.64 Å². The molecule has 0 aromatic carbocycles. The number of pyridine rings is 1. The molecule has 17 heavy (non-hydrogen) atoms. The first-order valence-corrected chi connectivity index (χ1v) is 5.94. The number of hydrogen-bond donors (Lipinski definition) is 1. The van der Waals surface area contributed by atoms with Crippen molar-refractivity contribution in [2.45, 2.75) is 26.3 Å². The van der Waals surface area contributed by atoms with Gasteiger partial charge in [0.05, 0.1) is 6.54 Å². The molecule has 0 atom stereocenters. The zero-order chi connectivity index (χ0) is 12.0. The normalized spacial score (nSPS) is 15.8. The highest BCUT2D eigenvalue weighted by Gasteiger charge is 2.28. The van der Waals surface area contributed by atoms with Crippen molar-refractivity contribution in [3.63, 3.8) is 0 Å². The summed E-state index contributed by atoms with van der Waals surface area (Å²) in [5.74, 6) is 0.737. The molecule has 0 amide bonds. The highest BCUT2D eigenvalue weighted by Crippen LogP contribution is 2.36. The van der Waals surface area contributed by atoms with Gasteiger partial charge in [-0.15, -0.1) is 0 Å². The van der Waals surface area contributed by atoms with Crippen LogP contribution in [0.3, 0.4) is 0 Å². The summed E-state index contributed by atoms with van der Waals surface area (Å²) in [7, 11) is 0. The van der Waals surface area contributed by atoms with Gasteiger partial charge in [-0.1, -0.05) is 0 Å². The lowest BCUT2D eigenvalue weighted by Crippen LogP contribution is -2.46. The van der Waals surface area contributed by atoms with Gasteiger partial charge in [0.2, 0.25) is 5.88 Å². The second-order valence-corrected chi connectivity index (χ2v) is 5.40. The first-order chi connectivity index (χ1) is 8.05. The van der Waals surface area contributed by atoms with Crippen LogP contribution in [-0.2, 0) is 0 Å². The highest BCUT2D eigenvalue weighted by atomic mass is 16.5. The largest absolute Gasteiger partial charge is 0.474 e. The Labute approximate surface area is 101 Å². The first-order valence-electron chi connectivity index (χ1n) is 5.94. The van der Waals surface area contributed by atoms with E-state index in [9.17, 15) is 0 Å². The molecule has 0 saturated heterocycles. The Hall–Kier alpha value is -1.71. The van der Waals surface area contributed by atoms with Crippen LogP contribution in [0.25, 0.3) is 11.0 Å². The van der Waals surface area contributed by atoms with E-state index >= 15 is 0 Å². The predicted octanol–water partition coefficient (Wildman–Crippen LogP) is 2.56. The number of H-pyrrole nitrogens is 1. The molecule has 0 spiro atoms. The van der Waals surface area contributed by atoms with E-state index in [2.05, 4.69) is 41.7 Å². The number of ether oxygens (including phenoxy) is 1. The molecule has 1 aliphatic heterocycles. The molecule has 0 saturated carbocycles. The number of fused-ring (bicyclic) bond motifs is 2. The summed E-state index contributed by atoms with van der Waals surface area (Å²) in [6, 6.07) is 4.19. The molecule has 4 heteroatoms. The second kappa shape index (κ2) is 3.39. The van der Waals surface area contributed by atoms with E-state index in [1.165, 1.54) is 0 Å². The minimum Gasteiger partial charge on any atom is -0.474 e. The molecule has 2 aromatic rings. The van der Waals surface area contributed by atoms with Crippen molar-refractivity contribution in [2.75, 3.05) is 18.1 Å². The third-order valence-corrected chi connectivity index (χ3v) is 3.14. The van der Waals surface area contributed by atoms with Crippen molar-refractivity contribution in [3.05, 3.63) is 18.3 Å². The molecule has 90 valence electrons. The molecule has 1 aliphatic rings. The predicted molar refractivity (Wildman–Crippen MR) is 68.7 cm³/mol. The summed E-state index contributed by atoms with van der Waals surface area (Å²) < 4.78 is 5.65. The van der Waals surface area contributed by atoms with E-state index in [1.807, 2.05) is 12.3 Å². The third-order valence-electron chi connectivity index (χ3n) is 3.14. The maximum absolute atomic E-state index is 5.65. The molecular weight excluding hydrogens is 214 g/mol. The minimum absolute atomic E-state index is 0.0875. The SMILES string of the molecule is CC(C)(C)N1CCOc2nc3[nH]ccc3cc21. The number of aromatic nitrogens is 2. The molecule has 2 aromatic heterocycles.